The molecule has 0 aliphatic rings. The van der Waals surface area contributed by atoms with Crippen molar-refractivity contribution < 1.29 is 106 Å². The summed E-state index contributed by atoms with van der Waals surface area (Å²) in [5.41, 5.74) is 0. The Bertz CT molecular complexity index is 180. The van der Waals surface area contributed by atoms with Crippen molar-refractivity contribution in [3.63, 3.8) is 0 Å². The van der Waals surface area contributed by atoms with E-state index in [0.29, 0.717) is 0 Å². The van der Waals surface area contributed by atoms with E-state index >= 15 is 0 Å². The van der Waals surface area contributed by atoms with Gasteiger partial charge in [-0.3, -0.25) is 0 Å². The van der Waals surface area contributed by atoms with Crippen LogP contribution in [0.1, 0.15) is 0 Å². The van der Waals surface area contributed by atoms with E-state index in [9.17, 15) is 0 Å². The summed E-state index contributed by atoms with van der Waals surface area (Å²) in [6, 6.07) is 0. The molecule has 0 N–H and O–H groups in total. The maximum atomic E-state index is 7.50. The molecule has 0 heterocycles. The maximum Gasteiger partial charge on any atom is 0 e. The quantitative estimate of drug-likeness (QED) is 0.215. The van der Waals surface area contributed by atoms with Crippen LogP contribution in [0.2, 0.25) is 0 Å². The van der Waals surface area contributed by atoms with Crippen LogP contribution in [-0.4, -0.2) is 0 Å². The molecule has 0 aliphatic heterocycles. The molecule has 0 aromatic carbocycles. The summed E-state index contributed by atoms with van der Waals surface area (Å²) in [5.74, 6) is 0. The van der Waals surface area contributed by atoms with E-state index in [0.717, 1.165) is 0 Å². The topological polar surface area (TPSA) is 199 Å². The molecule has 0 radical (unpaired) electrons. The predicted molar refractivity (Wildman–Crippen MR) is 42.1 cm³/mol. The second kappa shape index (κ2) is 18400. The third-order valence-corrected chi connectivity index (χ3v) is 0. The van der Waals surface area contributed by atoms with Gasteiger partial charge in [0.15, 0.2) is 0 Å². The average Bonchev–Trinajstić information content (AvgIpc) is 2.71. The van der Waals surface area contributed by atoms with Gasteiger partial charge < -0.3 is 0 Å². The van der Waals surface area contributed by atoms with E-state index in [1.807, 2.05) is 0 Å². The third kappa shape index (κ3) is 16600. The molecule has 0 aliphatic carbocycles. The van der Waals surface area contributed by atoms with Crippen molar-refractivity contribution in [2.24, 2.45) is 0 Å². The average molecular weight is 853 g/mol. The van der Waals surface area contributed by atoms with Gasteiger partial charge in [0, 0.05) is 19.8 Å². The molecule has 0 fully saturated rings. The Morgan fingerprint density at radius 3 is 0.217 bits per heavy atom. The number of hydrogen-bond donors (Lipinski definition) is 0. The van der Waals surface area contributed by atoms with E-state index in [1.54, 1.807) is 0 Å². The molecule has 10 nitrogen and oxygen atoms in total. The van der Waals surface area contributed by atoms with Gasteiger partial charge in [0.2, 0.25) is 0 Å². The molecule has 0 rings (SSSR count). The first-order valence-electron chi connectivity index (χ1n) is 2.04. The zero-order chi connectivity index (χ0) is 20.0. The van der Waals surface area contributed by atoms with E-state index in [2.05, 4.69) is 66.5 Å². The molecule has 0 spiro atoms. The predicted octanol–water partition coefficient (Wildman–Crippen LogP) is -0.918. The SMILES string of the molecule is [C-]#[O+].[C-]#[O+].[C-]#[O+].[C-]#[O+].[C-]#[O+].[C-]#[O+].[C-]#[O+].[C-]#[O+].[C-]#[O+].[C-]#[O+].[OsH].[OsH].[Os]. The van der Waals surface area contributed by atoms with Gasteiger partial charge in [-0.2, -0.15) is 0 Å². The normalized spacial score (nSPS) is 0.870. The minimum Gasteiger partial charge on any atom is 0 e. The second-order valence-electron chi connectivity index (χ2n) is 0. The summed E-state index contributed by atoms with van der Waals surface area (Å²) in [7, 11) is 0. The number of rotatable bonds is 0. The number of hydrogen-bond acceptors (Lipinski definition) is 0. The third-order valence-electron chi connectivity index (χ3n) is 0. The van der Waals surface area contributed by atoms with Gasteiger partial charge in [-0.1, -0.05) is 0 Å². The molecule has 0 aromatic heterocycles. The smallest absolute Gasteiger partial charge is 0 e. The summed E-state index contributed by atoms with van der Waals surface area (Å²) >= 11 is 0. The van der Waals surface area contributed by atoms with Gasteiger partial charge >= 0.3 is 153 Å². The van der Waals surface area contributed by atoms with Gasteiger partial charge in [-0.25, -0.2) is 0 Å². The fourth-order valence-electron chi connectivity index (χ4n) is 0. The van der Waals surface area contributed by atoms with E-state index < -0.39 is 0 Å². The Kier molecular flexibility index (Phi) is 93600. The largest absolute Gasteiger partial charge is 0 e. The molecule has 126 valence electrons. The molecular weight excluding hydrogens is 851 g/mol. The van der Waals surface area contributed by atoms with E-state index in [4.69, 9.17) is 46.5 Å². The fraction of sp³-hybridized carbons (Fsp3) is 0. The standard InChI is InChI=1S/10CO.3Os.2H/c10*1-2;;;;;. The van der Waals surface area contributed by atoms with Crippen LogP contribution in [0.3, 0.4) is 0 Å². The summed E-state index contributed by atoms with van der Waals surface area (Å²) in [4.78, 5) is 0. The first-order valence-corrected chi connectivity index (χ1v) is 2.04. The van der Waals surface area contributed by atoms with Crippen molar-refractivity contribution in [3.05, 3.63) is 66.5 Å². The van der Waals surface area contributed by atoms with Crippen LogP contribution in [0.25, 0.3) is 0 Å². The van der Waals surface area contributed by atoms with Crippen molar-refractivity contribution in [1.82, 2.24) is 0 Å². The zero-order valence-electron chi connectivity index (χ0n) is 10.2. The Hall–Kier alpha value is -0.691. The van der Waals surface area contributed by atoms with Crippen molar-refractivity contribution in [2.45, 2.75) is 0 Å². The van der Waals surface area contributed by atoms with Crippen molar-refractivity contribution in [1.29, 1.82) is 0 Å². The molecule has 0 bridgehead atoms. The van der Waals surface area contributed by atoms with Crippen molar-refractivity contribution in [2.75, 3.05) is 0 Å². The van der Waals surface area contributed by atoms with Crippen LogP contribution in [0.4, 0.5) is 0 Å². The molecule has 0 atom stereocenters. The van der Waals surface area contributed by atoms with Crippen LogP contribution in [0, 0.1) is 66.5 Å². The fourth-order valence-corrected chi connectivity index (χ4v) is 0. The molecule has 0 unspecified atom stereocenters. The minimum atomic E-state index is 0. The van der Waals surface area contributed by atoms with Gasteiger partial charge in [0.1, 0.15) is 0 Å². The monoisotopic (exact) mass is 858 g/mol. The van der Waals surface area contributed by atoms with Crippen LogP contribution < -0.4 is 0 Å². The molecule has 23 heavy (non-hydrogen) atoms. The molecule has 13 heteroatoms. The molecule has 0 amide bonds. The summed E-state index contributed by atoms with van der Waals surface area (Å²) < 4.78 is 75.0. The molecule has 0 saturated carbocycles. The van der Waals surface area contributed by atoms with E-state index in [1.165, 1.54) is 0 Å². The zero-order valence-corrected chi connectivity index (χ0v) is 18.2. The van der Waals surface area contributed by atoms with Crippen LogP contribution in [0.15, 0.2) is 0 Å². The van der Waals surface area contributed by atoms with E-state index in [-0.39, 0.29) is 59.4 Å². The Labute approximate surface area is 171 Å². The van der Waals surface area contributed by atoms with Crippen LogP contribution in [0.5, 0.6) is 0 Å². The van der Waals surface area contributed by atoms with Crippen molar-refractivity contribution >= 4 is 0 Å². The van der Waals surface area contributed by atoms with Gasteiger partial charge in [-0.05, 0) is 0 Å². The molecule has 0 aromatic rings. The molecule has 0 saturated heterocycles. The summed E-state index contributed by atoms with van der Waals surface area (Å²) in [6.45, 7) is 45.0. The Balaban J connectivity index is -0.00000000433. The van der Waals surface area contributed by atoms with Gasteiger partial charge in [-0.15, -0.1) is 0 Å². The molecular formula is C10H2O10Os3. The summed E-state index contributed by atoms with van der Waals surface area (Å²) in [6.07, 6.45) is 0. The van der Waals surface area contributed by atoms with Crippen LogP contribution >= 0.6 is 0 Å². The van der Waals surface area contributed by atoms with Gasteiger partial charge in [0.05, 0.1) is 0 Å². The van der Waals surface area contributed by atoms with Gasteiger partial charge in [0.25, 0.3) is 0 Å². The van der Waals surface area contributed by atoms with Crippen molar-refractivity contribution in [3.8, 4) is 0 Å². The minimum absolute atomic E-state index is 0. The first kappa shape index (κ1) is 117. The second-order valence-corrected chi connectivity index (χ2v) is 0. The maximum absolute atomic E-state index is 7.50. The Morgan fingerprint density at radius 2 is 0.217 bits per heavy atom. The van der Waals surface area contributed by atoms with Crippen LogP contribution in [-0.2, 0) is 106 Å². The Morgan fingerprint density at radius 1 is 0.217 bits per heavy atom. The summed E-state index contributed by atoms with van der Waals surface area (Å²) in [5, 5.41) is 0. The first-order chi connectivity index (χ1) is 10.0.